The number of hydrogen-bond acceptors (Lipinski definition) is 5. The van der Waals surface area contributed by atoms with E-state index in [0.29, 0.717) is 35.6 Å². The van der Waals surface area contributed by atoms with Gasteiger partial charge >= 0.3 is 0 Å². The lowest BCUT2D eigenvalue weighted by Crippen LogP contribution is -2.44. The summed E-state index contributed by atoms with van der Waals surface area (Å²) in [5, 5.41) is 3.89. The molecule has 0 aromatic heterocycles. The highest BCUT2D eigenvalue weighted by Gasteiger charge is 2.23. The van der Waals surface area contributed by atoms with E-state index < -0.39 is 0 Å². The van der Waals surface area contributed by atoms with E-state index in [-0.39, 0.29) is 18.6 Å². The van der Waals surface area contributed by atoms with E-state index in [4.69, 9.17) is 32.7 Å². The van der Waals surface area contributed by atoms with Crippen molar-refractivity contribution in [3.8, 4) is 5.75 Å². The molecule has 0 aliphatic carbocycles. The van der Waals surface area contributed by atoms with Gasteiger partial charge in [0, 0.05) is 44.4 Å². The van der Waals surface area contributed by atoms with Crippen LogP contribution in [-0.2, 0) is 9.53 Å². The molecule has 1 fully saturated rings. The molecule has 1 atom stereocenters. The number of hydrogen-bond donors (Lipinski definition) is 1. The molecule has 3 rings (SSSR count). The fourth-order valence-corrected chi connectivity index (χ4v) is 3.80. The highest BCUT2D eigenvalue weighted by atomic mass is 35.5. The fraction of sp³-hybridized carbons (Fsp3) is 0.409. The lowest BCUT2D eigenvalue weighted by Gasteiger charge is -2.35. The second kappa shape index (κ2) is 10.9. The number of anilines is 1. The largest absolute Gasteiger partial charge is 0.482 e. The molecule has 1 amide bonds. The van der Waals surface area contributed by atoms with Gasteiger partial charge in [0.05, 0.1) is 24.3 Å². The summed E-state index contributed by atoms with van der Waals surface area (Å²) in [6.07, 6.45) is 0. The van der Waals surface area contributed by atoms with Gasteiger partial charge in [-0.05, 0) is 35.9 Å². The van der Waals surface area contributed by atoms with Crippen LogP contribution in [0.4, 0.5) is 5.69 Å². The van der Waals surface area contributed by atoms with Crippen molar-refractivity contribution in [1.82, 2.24) is 10.2 Å². The Balaban J connectivity index is 1.61. The summed E-state index contributed by atoms with van der Waals surface area (Å²) < 4.78 is 11.0. The molecule has 1 N–H and O–H groups in total. The first kappa shape index (κ1) is 22.7. The summed E-state index contributed by atoms with van der Waals surface area (Å²) in [7, 11) is 4.03. The lowest BCUT2D eigenvalue weighted by atomic mass is 10.0. The van der Waals surface area contributed by atoms with Gasteiger partial charge in [0.25, 0.3) is 5.91 Å². The van der Waals surface area contributed by atoms with Gasteiger partial charge < -0.3 is 19.7 Å². The number of halogens is 2. The van der Waals surface area contributed by atoms with Crippen molar-refractivity contribution < 1.29 is 14.3 Å². The molecule has 1 aliphatic rings. The Labute approximate surface area is 187 Å². The Bertz CT molecular complexity index is 840. The molecular formula is C22H27Cl2N3O3. The molecule has 30 heavy (non-hydrogen) atoms. The quantitative estimate of drug-likeness (QED) is 0.663. The highest BCUT2D eigenvalue weighted by Crippen LogP contribution is 2.27. The van der Waals surface area contributed by atoms with Crippen LogP contribution in [0.25, 0.3) is 0 Å². The predicted molar refractivity (Wildman–Crippen MR) is 121 cm³/mol. The number of rotatable bonds is 8. The van der Waals surface area contributed by atoms with Crippen molar-refractivity contribution in [1.29, 1.82) is 0 Å². The molecule has 1 unspecified atom stereocenters. The van der Waals surface area contributed by atoms with E-state index in [0.717, 1.165) is 24.3 Å². The maximum atomic E-state index is 12.4. The predicted octanol–water partition coefficient (Wildman–Crippen LogP) is 3.63. The molecule has 0 radical (unpaired) electrons. The maximum absolute atomic E-state index is 12.4. The van der Waals surface area contributed by atoms with Crippen LogP contribution >= 0.6 is 23.2 Å². The third-order valence-corrected chi connectivity index (χ3v) is 5.56. The Morgan fingerprint density at radius 1 is 1.17 bits per heavy atom. The number of benzene rings is 2. The van der Waals surface area contributed by atoms with E-state index in [1.165, 1.54) is 0 Å². The van der Waals surface area contributed by atoms with E-state index in [1.54, 1.807) is 18.2 Å². The van der Waals surface area contributed by atoms with E-state index >= 15 is 0 Å². The number of morpholine rings is 1. The third-order valence-electron chi connectivity index (χ3n) is 5.03. The van der Waals surface area contributed by atoms with Crippen molar-refractivity contribution in [3.63, 3.8) is 0 Å². The number of carbonyl (C=O) groups is 1. The first-order valence-electron chi connectivity index (χ1n) is 9.87. The van der Waals surface area contributed by atoms with E-state index in [9.17, 15) is 4.79 Å². The summed E-state index contributed by atoms with van der Waals surface area (Å²) >= 11 is 12.0. The molecule has 8 heteroatoms. The Morgan fingerprint density at radius 2 is 1.87 bits per heavy atom. The van der Waals surface area contributed by atoms with Crippen molar-refractivity contribution in [3.05, 3.63) is 58.1 Å². The van der Waals surface area contributed by atoms with Crippen LogP contribution < -0.4 is 15.0 Å². The summed E-state index contributed by atoms with van der Waals surface area (Å²) in [5.41, 5.74) is 2.29. The molecule has 6 nitrogen and oxygen atoms in total. The minimum absolute atomic E-state index is 0.0631. The van der Waals surface area contributed by atoms with E-state index in [1.807, 2.05) is 14.1 Å². The Morgan fingerprint density at radius 3 is 2.50 bits per heavy atom. The minimum atomic E-state index is -0.204. The smallest absolute Gasteiger partial charge is 0.258 e. The average Bonchev–Trinajstić information content (AvgIpc) is 2.74. The zero-order chi connectivity index (χ0) is 21.5. The Hall–Kier alpha value is -1.99. The summed E-state index contributed by atoms with van der Waals surface area (Å²) in [6.45, 7) is 3.41. The van der Waals surface area contributed by atoms with Crippen LogP contribution in [0.2, 0.25) is 10.0 Å². The standard InChI is InChI=1S/C22H27Cl2N3O3/c1-26(2)18-6-3-16(4-7-18)20(27-9-11-29-12-10-27)14-25-22(28)15-30-21-8-5-17(23)13-19(21)24/h3-8,13,20H,9-12,14-15H2,1-2H3,(H,25,28). The molecule has 0 saturated carbocycles. The summed E-state index contributed by atoms with van der Waals surface area (Å²) in [6, 6.07) is 13.4. The number of nitrogens with zero attached hydrogens (tertiary/aromatic N) is 2. The van der Waals surface area contributed by atoms with Crippen molar-refractivity contribution >= 4 is 34.8 Å². The summed E-state index contributed by atoms with van der Waals surface area (Å²) in [5.74, 6) is 0.226. The normalized spacial score (nSPS) is 15.5. The van der Waals surface area contributed by atoms with Gasteiger partial charge in [-0.1, -0.05) is 35.3 Å². The van der Waals surface area contributed by atoms with Crippen LogP contribution in [0, 0.1) is 0 Å². The number of carbonyl (C=O) groups excluding carboxylic acids is 1. The molecule has 162 valence electrons. The monoisotopic (exact) mass is 451 g/mol. The topological polar surface area (TPSA) is 54.0 Å². The second-order valence-corrected chi connectivity index (χ2v) is 8.16. The van der Waals surface area contributed by atoms with Crippen molar-refractivity contribution in [2.24, 2.45) is 0 Å². The zero-order valence-electron chi connectivity index (χ0n) is 17.2. The molecule has 2 aromatic rings. The zero-order valence-corrected chi connectivity index (χ0v) is 18.7. The van der Waals surface area contributed by atoms with Gasteiger partial charge in [-0.3, -0.25) is 9.69 Å². The van der Waals surface area contributed by atoms with Crippen LogP contribution in [-0.4, -0.2) is 64.4 Å². The third kappa shape index (κ3) is 6.25. The SMILES string of the molecule is CN(C)c1ccc(C(CNC(=O)COc2ccc(Cl)cc2Cl)N2CCOCC2)cc1. The van der Waals surface area contributed by atoms with Gasteiger partial charge in [-0.2, -0.15) is 0 Å². The second-order valence-electron chi connectivity index (χ2n) is 7.32. The highest BCUT2D eigenvalue weighted by molar-refractivity contribution is 6.35. The van der Waals surface area contributed by atoms with Crippen molar-refractivity contribution in [2.45, 2.75) is 6.04 Å². The number of ether oxygens (including phenoxy) is 2. The maximum Gasteiger partial charge on any atom is 0.258 e. The molecule has 1 aliphatic heterocycles. The molecule has 1 heterocycles. The molecule has 2 aromatic carbocycles. The first-order chi connectivity index (χ1) is 14.4. The van der Waals surface area contributed by atoms with Crippen LogP contribution in [0.15, 0.2) is 42.5 Å². The van der Waals surface area contributed by atoms with Gasteiger partial charge in [0.15, 0.2) is 6.61 Å². The van der Waals surface area contributed by atoms with Crippen LogP contribution in [0.3, 0.4) is 0 Å². The van der Waals surface area contributed by atoms with Gasteiger partial charge in [-0.25, -0.2) is 0 Å². The van der Waals surface area contributed by atoms with Crippen LogP contribution in [0.5, 0.6) is 5.75 Å². The van der Waals surface area contributed by atoms with Gasteiger partial charge in [-0.15, -0.1) is 0 Å². The van der Waals surface area contributed by atoms with Gasteiger partial charge in [0.1, 0.15) is 5.75 Å². The summed E-state index contributed by atoms with van der Waals surface area (Å²) in [4.78, 5) is 16.8. The average molecular weight is 452 g/mol. The Kier molecular flexibility index (Phi) is 8.22. The van der Waals surface area contributed by atoms with Crippen LogP contribution in [0.1, 0.15) is 11.6 Å². The first-order valence-corrected chi connectivity index (χ1v) is 10.6. The lowest BCUT2D eigenvalue weighted by molar-refractivity contribution is -0.123. The van der Waals surface area contributed by atoms with E-state index in [2.05, 4.69) is 39.4 Å². The molecular weight excluding hydrogens is 425 g/mol. The fourth-order valence-electron chi connectivity index (χ4n) is 3.34. The van der Waals surface area contributed by atoms with Crippen molar-refractivity contribution in [2.75, 3.05) is 58.5 Å². The number of amides is 1. The minimum Gasteiger partial charge on any atom is -0.482 e. The molecule has 1 saturated heterocycles. The molecule has 0 spiro atoms. The number of nitrogens with one attached hydrogen (secondary N) is 1. The van der Waals surface area contributed by atoms with Gasteiger partial charge in [0.2, 0.25) is 0 Å². The molecule has 0 bridgehead atoms.